The summed E-state index contributed by atoms with van der Waals surface area (Å²) in [6, 6.07) is 23.7. The van der Waals surface area contributed by atoms with Crippen molar-refractivity contribution in [3.05, 3.63) is 72.8 Å². The zero-order valence-corrected chi connectivity index (χ0v) is 19.2. The standard InChI is InChI=1S/C21H21O3PS3/c1-26-19-10-4-16(5-11-19)22-25(23-17-6-12-20(27-2)13-7-17)24-18-8-14-21(28-3)15-9-18/h4-15H,1-3H3. The van der Waals surface area contributed by atoms with Crippen molar-refractivity contribution in [2.45, 2.75) is 14.7 Å². The Morgan fingerprint density at radius 2 is 0.714 bits per heavy atom. The maximum atomic E-state index is 6.04. The smallest absolute Gasteiger partial charge is 0.409 e. The van der Waals surface area contributed by atoms with E-state index in [0.29, 0.717) is 17.2 Å². The molecule has 0 heterocycles. The van der Waals surface area contributed by atoms with E-state index < -0.39 is 8.60 Å². The van der Waals surface area contributed by atoms with Gasteiger partial charge in [0.05, 0.1) is 0 Å². The van der Waals surface area contributed by atoms with Crippen LogP contribution in [0.15, 0.2) is 87.5 Å². The molecule has 146 valence electrons. The van der Waals surface area contributed by atoms with Crippen molar-refractivity contribution in [3.63, 3.8) is 0 Å². The molecule has 0 radical (unpaired) electrons. The van der Waals surface area contributed by atoms with Gasteiger partial charge < -0.3 is 13.6 Å². The minimum atomic E-state index is -1.65. The number of rotatable bonds is 9. The van der Waals surface area contributed by atoms with Crippen LogP contribution in [0.1, 0.15) is 0 Å². The lowest BCUT2D eigenvalue weighted by atomic mass is 10.3. The van der Waals surface area contributed by atoms with Gasteiger partial charge in [0.15, 0.2) is 0 Å². The first kappa shape index (κ1) is 21.3. The topological polar surface area (TPSA) is 27.7 Å². The maximum absolute atomic E-state index is 6.04. The predicted molar refractivity (Wildman–Crippen MR) is 123 cm³/mol. The number of thioether (sulfide) groups is 3. The van der Waals surface area contributed by atoms with Crippen LogP contribution in [0.2, 0.25) is 0 Å². The first-order valence-corrected chi connectivity index (χ1v) is 13.2. The Bertz CT molecular complexity index is 738. The minimum absolute atomic E-state index is 0.713. The van der Waals surface area contributed by atoms with Crippen LogP contribution in [0.25, 0.3) is 0 Å². The molecule has 0 fully saturated rings. The molecule has 0 amide bonds. The molecular formula is C21H21O3PS3. The van der Waals surface area contributed by atoms with E-state index in [1.807, 2.05) is 91.6 Å². The highest BCUT2D eigenvalue weighted by atomic mass is 32.2. The summed E-state index contributed by atoms with van der Waals surface area (Å²) in [4.78, 5) is 3.54. The Morgan fingerprint density at radius 1 is 0.464 bits per heavy atom. The van der Waals surface area contributed by atoms with Crippen LogP contribution in [-0.2, 0) is 0 Å². The Kier molecular flexibility index (Phi) is 8.28. The lowest BCUT2D eigenvalue weighted by Crippen LogP contribution is -2.02. The molecule has 3 rings (SSSR count). The number of hydrogen-bond acceptors (Lipinski definition) is 6. The number of hydrogen-bond donors (Lipinski definition) is 0. The summed E-state index contributed by atoms with van der Waals surface area (Å²) in [5.74, 6) is 2.14. The van der Waals surface area contributed by atoms with Crippen LogP contribution in [0, 0.1) is 0 Å². The molecule has 0 atom stereocenters. The molecule has 0 aliphatic carbocycles. The van der Waals surface area contributed by atoms with Gasteiger partial charge in [-0.3, -0.25) is 0 Å². The highest BCUT2D eigenvalue weighted by molar-refractivity contribution is 7.99. The molecule has 0 unspecified atom stereocenters. The van der Waals surface area contributed by atoms with Gasteiger partial charge in [-0.2, -0.15) is 0 Å². The normalized spacial score (nSPS) is 10.7. The molecule has 0 aliphatic heterocycles. The van der Waals surface area contributed by atoms with Gasteiger partial charge >= 0.3 is 8.60 Å². The molecule has 0 saturated heterocycles. The largest absolute Gasteiger partial charge is 0.530 e. The van der Waals surface area contributed by atoms with Gasteiger partial charge in [-0.25, -0.2) is 0 Å². The van der Waals surface area contributed by atoms with Gasteiger partial charge in [-0.05, 0) is 91.6 Å². The summed E-state index contributed by atoms with van der Waals surface area (Å²) in [5, 5.41) is 0. The highest BCUT2D eigenvalue weighted by Gasteiger charge is 2.20. The van der Waals surface area contributed by atoms with E-state index in [-0.39, 0.29) is 0 Å². The summed E-state index contributed by atoms with van der Waals surface area (Å²) in [7, 11) is -1.65. The molecule has 0 saturated carbocycles. The van der Waals surface area contributed by atoms with Crippen LogP contribution in [0.4, 0.5) is 0 Å². The van der Waals surface area contributed by atoms with Crippen molar-refractivity contribution in [1.29, 1.82) is 0 Å². The minimum Gasteiger partial charge on any atom is -0.409 e. The molecule has 0 spiro atoms. The van der Waals surface area contributed by atoms with E-state index in [9.17, 15) is 0 Å². The second-order valence-electron chi connectivity index (χ2n) is 5.52. The van der Waals surface area contributed by atoms with Gasteiger partial charge in [0.1, 0.15) is 17.2 Å². The van der Waals surface area contributed by atoms with E-state index in [4.69, 9.17) is 13.6 Å². The lowest BCUT2D eigenvalue weighted by molar-refractivity contribution is 0.388. The van der Waals surface area contributed by atoms with E-state index in [1.54, 1.807) is 35.3 Å². The van der Waals surface area contributed by atoms with Crippen molar-refractivity contribution >= 4 is 43.9 Å². The van der Waals surface area contributed by atoms with Crippen molar-refractivity contribution < 1.29 is 13.6 Å². The van der Waals surface area contributed by atoms with Crippen molar-refractivity contribution in [2.75, 3.05) is 18.8 Å². The summed E-state index contributed by atoms with van der Waals surface area (Å²) >= 11 is 5.08. The van der Waals surface area contributed by atoms with Gasteiger partial charge in [0, 0.05) is 14.7 Å². The lowest BCUT2D eigenvalue weighted by Gasteiger charge is -2.18. The van der Waals surface area contributed by atoms with E-state index in [1.165, 1.54) is 14.7 Å². The van der Waals surface area contributed by atoms with E-state index >= 15 is 0 Å². The second kappa shape index (κ2) is 10.9. The monoisotopic (exact) mass is 448 g/mol. The molecule has 3 aromatic rings. The molecule has 0 bridgehead atoms. The Hall–Kier alpha value is -1.46. The fourth-order valence-electron chi connectivity index (χ4n) is 2.22. The van der Waals surface area contributed by atoms with Crippen LogP contribution < -0.4 is 13.6 Å². The number of benzene rings is 3. The summed E-state index contributed by atoms with van der Waals surface area (Å²) in [5.41, 5.74) is 0. The zero-order chi connectivity index (χ0) is 19.8. The third kappa shape index (κ3) is 6.28. The first-order chi connectivity index (χ1) is 13.7. The fourth-order valence-corrected chi connectivity index (χ4v) is 4.44. The van der Waals surface area contributed by atoms with Gasteiger partial charge in [0.2, 0.25) is 0 Å². The molecule has 3 nitrogen and oxygen atoms in total. The molecule has 0 aliphatic rings. The molecule has 0 aromatic heterocycles. The Balaban J connectivity index is 1.76. The Morgan fingerprint density at radius 3 is 0.929 bits per heavy atom. The van der Waals surface area contributed by atoms with Gasteiger partial charge in [-0.15, -0.1) is 35.3 Å². The van der Waals surface area contributed by atoms with Crippen molar-refractivity contribution in [3.8, 4) is 17.2 Å². The molecular weight excluding hydrogens is 427 g/mol. The molecule has 3 aromatic carbocycles. The van der Waals surface area contributed by atoms with Gasteiger partial charge in [-0.1, -0.05) is 0 Å². The fraction of sp³-hybridized carbons (Fsp3) is 0.143. The second-order valence-corrected chi connectivity index (χ2v) is 9.16. The maximum Gasteiger partial charge on any atom is 0.530 e. The highest BCUT2D eigenvalue weighted by Crippen LogP contribution is 2.43. The first-order valence-electron chi connectivity index (χ1n) is 8.46. The van der Waals surface area contributed by atoms with E-state index in [0.717, 1.165) is 0 Å². The zero-order valence-electron chi connectivity index (χ0n) is 15.8. The molecule has 0 N–H and O–H groups in total. The van der Waals surface area contributed by atoms with Crippen LogP contribution in [0.5, 0.6) is 17.2 Å². The quantitative estimate of drug-likeness (QED) is 0.247. The van der Waals surface area contributed by atoms with Crippen LogP contribution >= 0.6 is 43.9 Å². The third-order valence-electron chi connectivity index (χ3n) is 3.72. The van der Waals surface area contributed by atoms with Crippen molar-refractivity contribution in [1.82, 2.24) is 0 Å². The van der Waals surface area contributed by atoms with Crippen molar-refractivity contribution in [2.24, 2.45) is 0 Å². The van der Waals surface area contributed by atoms with Crippen LogP contribution in [-0.4, -0.2) is 18.8 Å². The van der Waals surface area contributed by atoms with Crippen LogP contribution in [0.3, 0.4) is 0 Å². The van der Waals surface area contributed by atoms with E-state index in [2.05, 4.69) is 0 Å². The van der Waals surface area contributed by atoms with Gasteiger partial charge in [0.25, 0.3) is 0 Å². The Labute approximate surface area is 180 Å². The average Bonchev–Trinajstić information content (AvgIpc) is 2.75. The average molecular weight is 449 g/mol. The predicted octanol–water partition coefficient (Wildman–Crippen LogP) is 7.62. The summed E-state index contributed by atoms with van der Waals surface area (Å²) in [6.45, 7) is 0. The summed E-state index contributed by atoms with van der Waals surface area (Å²) < 4.78 is 18.1. The molecule has 7 heteroatoms. The SMILES string of the molecule is CSc1ccc(OP(Oc2ccc(SC)cc2)Oc2ccc(SC)cc2)cc1. The third-order valence-corrected chi connectivity index (χ3v) is 7.03. The molecule has 28 heavy (non-hydrogen) atoms. The summed E-state index contributed by atoms with van der Waals surface area (Å²) in [6.07, 6.45) is 6.14.